The summed E-state index contributed by atoms with van der Waals surface area (Å²) < 4.78 is 0. The Bertz CT molecular complexity index is 1520. The molecule has 1 aliphatic rings. The highest BCUT2D eigenvalue weighted by molar-refractivity contribution is 5.95. The fourth-order valence-corrected chi connectivity index (χ4v) is 4.22. The molecule has 0 spiro atoms. The second kappa shape index (κ2) is 8.36. The van der Waals surface area contributed by atoms with Crippen LogP contribution in [-0.2, 0) is 0 Å². The van der Waals surface area contributed by atoms with Crippen molar-refractivity contribution in [1.82, 2.24) is 30.0 Å². The van der Waals surface area contributed by atoms with Crippen molar-refractivity contribution in [3.8, 4) is 0 Å². The van der Waals surface area contributed by atoms with Crippen molar-refractivity contribution in [2.24, 2.45) is 0 Å². The summed E-state index contributed by atoms with van der Waals surface area (Å²) >= 11 is 0. The number of urea groups is 1. The molecular weight excluding hydrogens is 428 g/mol. The van der Waals surface area contributed by atoms with Gasteiger partial charge in [-0.1, -0.05) is 6.08 Å². The fraction of sp³-hybridized carbons (Fsp3) is 0.120. The summed E-state index contributed by atoms with van der Waals surface area (Å²) in [5, 5.41) is 15.5. The van der Waals surface area contributed by atoms with Crippen molar-refractivity contribution in [3.63, 3.8) is 0 Å². The number of H-pyrrole nitrogens is 2. The van der Waals surface area contributed by atoms with Crippen LogP contribution in [0.15, 0.2) is 73.3 Å². The Morgan fingerprint density at radius 2 is 1.94 bits per heavy atom. The van der Waals surface area contributed by atoms with Gasteiger partial charge in [-0.05, 0) is 54.5 Å². The van der Waals surface area contributed by atoms with Gasteiger partial charge in [-0.2, -0.15) is 5.10 Å². The van der Waals surface area contributed by atoms with Crippen LogP contribution in [-0.4, -0.2) is 49.2 Å². The smallest absolute Gasteiger partial charge is 0.322 e. The van der Waals surface area contributed by atoms with E-state index in [0.717, 1.165) is 51.1 Å². The van der Waals surface area contributed by atoms with Gasteiger partial charge >= 0.3 is 6.03 Å². The summed E-state index contributed by atoms with van der Waals surface area (Å²) in [6, 6.07) is 13.6. The molecule has 4 N–H and O–H groups in total. The number of anilines is 3. The second-order valence-corrected chi connectivity index (χ2v) is 8.19. The quantitative estimate of drug-likeness (QED) is 0.311. The highest BCUT2D eigenvalue weighted by Crippen LogP contribution is 2.31. The molecule has 4 aromatic heterocycles. The standard InChI is InChI=1S/C25H22N8O/c34-25(30-18-3-8-26-9-4-18)33-11-6-16(7-12-33)23-14-20-22(5-10-27-24(20)31-23)29-19-1-2-21-17(13-19)15-28-32-21/h1-6,8-10,13-15H,7,11-12H2,(H,28,32)(H,26,30,34)(H2,27,29,31). The van der Waals surface area contributed by atoms with Gasteiger partial charge in [0.2, 0.25) is 0 Å². The number of fused-ring (bicyclic) bond motifs is 2. The number of benzene rings is 1. The summed E-state index contributed by atoms with van der Waals surface area (Å²) in [5.41, 5.74) is 6.73. The Hall–Kier alpha value is -4.66. The second-order valence-electron chi connectivity index (χ2n) is 8.19. The number of nitrogens with zero attached hydrogens (tertiary/aromatic N) is 4. The molecule has 0 saturated heterocycles. The van der Waals surface area contributed by atoms with Crippen molar-refractivity contribution in [3.05, 3.63) is 79.0 Å². The van der Waals surface area contributed by atoms with Crippen molar-refractivity contribution in [1.29, 1.82) is 0 Å². The van der Waals surface area contributed by atoms with Crippen LogP contribution < -0.4 is 10.6 Å². The van der Waals surface area contributed by atoms with E-state index in [4.69, 9.17) is 0 Å². The number of hydrogen-bond donors (Lipinski definition) is 4. The first-order valence-corrected chi connectivity index (χ1v) is 11.1. The highest BCUT2D eigenvalue weighted by atomic mass is 16.2. The molecular formula is C25H22N8O. The number of rotatable bonds is 4. The lowest BCUT2D eigenvalue weighted by Crippen LogP contribution is -2.37. The molecule has 0 radical (unpaired) electrons. The largest absolute Gasteiger partial charge is 0.355 e. The number of nitrogens with one attached hydrogen (secondary N) is 4. The van der Waals surface area contributed by atoms with Gasteiger partial charge < -0.3 is 20.5 Å². The third-order valence-corrected chi connectivity index (χ3v) is 6.02. The maximum atomic E-state index is 12.6. The van der Waals surface area contributed by atoms with E-state index in [9.17, 15) is 4.79 Å². The Kier molecular flexibility index (Phi) is 4.91. The minimum atomic E-state index is -0.110. The van der Waals surface area contributed by atoms with Gasteiger partial charge in [0.25, 0.3) is 0 Å². The molecule has 0 saturated carbocycles. The predicted molar refractivity (Wildman–Crippen MR) is 133 cm³/mol. The first-order valence-electron chi connectivity index (χ1n) is 11.1. The summed E-state index contributed by atoms with van der Waals surface area (Å²) in [5.74, 6) is 0. The van der Waals surface area contributed by atoms with E-state index < -0.39 is 0 Å². The van der Waals surface area contributed by atoms with Gasteiger partial charge in [0.05, 0.1) is 17.4 Å². The predicted octanol–water partition coefficient (Wildman–Crippen LogP) is 4.90. The molecule has 168 valence electrons. The third-order valence-electron chi connectivity index (χ3n) is 6.02. The molecule has 0 bridgehead atoms. The first kappa shape index (κ1) is 20.0. The SMILES string of the molecule is O=C(Nc1ccncc1)N1CC=C(c2cc3c(Nc4ccc5[nH]ncc5c4)ccnc3[nH]2)CC1. The molecule has 0 unspecified atom stereocenters. The Labute approximate surface area is 194 Å². The van der Waals surface area contributed by atoms with Crippen molar-refractivity contribution in [2.75, 3.05) is 23.7 Å². The molecule has 5 heterocycles. The van der Waals surface area contributed by atoms with Crippen LogP contribution in [0.25, 0.3) is 27.5 Å². The van der Waals surface area contributed by atoms with Gasteiger partial charge in [-0.25, -0.2) is 9.78 Å². The maximum Gasteiger partial charge on any atom is 0.322 e. The van der Waals surface area contributed by atoms with Crippen LogP contribution in [0.2, 0.25) is 0 Å². The number of carbonyl (C=O) groups is 1. The number of carbonyl (C=O) groups excluding carboxylic acids is 1. The summed E-state index contributed by atoms with van der Waals surface area (Å²) in [6.45, 7) is 1.19. The summed E-state index contributed by atoms with van der Waals surface area (Å²) in [7, 11) is 0. The molecule has 0 aliphatic carbocycles. The van der Waals surface area contributed by atoms with E-state index in [2.05, 4.69) is 54.0 Å². The number of pyridine rings is 2. The zero-order valence-corrected chi connectivity index (χ0v) is 18.2. The van der Waals surface area contributed by atoms with Gasteiger partial charge in [0.1, 0.15) is 5.65 Å². The lowest BCUT2D eigenvalue weighted by Gasteiger charge is -2.26. The first-order chi connectivity index (χ1) is 16.7. The van der Waals surface area contributed by atoms with E-state index in [1.54, 1.807) is 35.6 Å². The molecule has 1 aromatic carbocycles. The Balaban J connectivity index is 1.20. The third kappa shape index (κ3) is 3.83. The molecule has 9 heteroatoms. The minimum absolute atomic E-state index is 0.110. The molecule has 34 heavy (non-hydrogen) atoms. The topological polar surface area (TPSA) is 115 Å². The van der Waals surface area contributed by atoms with Gasteiger partial charge in [-0.15, -0.1) is 0 Å². The van der Waals surface area contributed by atoms with E-state index in [0.29, 0.717) is 13.1 Å². The lowest BCUT2D eigenvalue weighted by molar-refractivity contribution is 0.217. The van der Waals surface area contributed by atoms with E-state index in [1.165, 1.54) is 5.57 Å². The van der Waals surface area contributed by atoms with Crippen molar-refractivity contribution in [2.45, 2.75) is 6.42 Å². The van der Waals surface area contributed by atoms with Gasteiger partial charge in [0, 0.05) is 59.5 Å². The molecule has 6 rings (SSSR count). The van der Waals surface area contributed by atoms with E-state index in [1.807, 2.05) is 24.4 Å². The molecule has 9 nitrogen and oxygen atoms in total. The minimum Gasteiger partial charge on any atom is -0.355 e. The highest BCUT2D eigenvalue weighted by Gasteiger charge is 2.19. The monoisotopic (exact) mass is 450 g/mol. The normalized spacial score (nSPS) is 13.8. The van der Waals surface area contributed by atoms with Crippen molar-refractivity contribution < 1.29 is 4.79 Å². The zero-order valence-electron chi connectivity index (χ0n) is 18.2. The van der Waals surface area contributed by atoms with E-state index >= 15 is 0 Å². The molecule has 0 atom stereocenters. The Morgan fingerprint density at radius 3 is 2.79 bits per heavy atom. The van der Waals surface area contributed by atoms with Crippen LogP contribution in [0.4, 0.5) is 21.9 Å². The van der Waals surface area contributed by atoms with Crippen molar-refractivity contribution >= 4 is 50.6 Å². The van der Waals surface area contributed by atoms with Gasteiger partial charge in [-0.3, -0.25) is 10.1 Å². The van der Waals surface area contributed by atoms with Crippen LogP contribution in [0.3, 0.4) is 0 Å². The van der Waals surface area contributed by atoms with Crippen LogP contribution in [0, 0.1) is 0 Å². The maximum absolute atomic E-state index is 12.6. The number of aromatic amines is 2. The number of hydrogen-bond acceptors (Lipinski definition) is 5. The molecule has 5 aromatic rings. The van der Waals surface area contributed by atoms with Gasteiger partial charge in [0.15, 0.2) is 0 Å². The molecule has 2 amide bonds. The Morgan fingerprint density at radius 1 is 1.03 bits per heavy atom. The van der Waals surface area contributed by atoms with E-state index in [-0.39, 0.29) is 6.03 Å². The van der Waals surface area contributed by atoms with Crippen LogP contribution in [0.5, 0.6) is 0 Å². The lowest BCUT2D eigenvalue weighted by atomic mass is 10.0. The average molecular weight is 451 g/mol. The van der Waals surface area contributed by atoms with Crippen LogP contribution >= 0.6 is 0 Å². The van der Waals surface area contributed by atoms with Crippen LogP contribution in [0.1, 0.15) is 12.1 Å². The number of aromatic nitrogens is 5. The average Bonchev–Trinajstić information content (AvgIpc) is 3.52. The fourth-order valence-electron chi connectivity index (χ4n) is 4.22. The summed E-state index contributed by atoms with van der Waals surface area (Å²) in [6.07, 6.45) is 9.78. The number of amides is 2. The molecule has 0 fully saturated rings. The summed E-state index contributed by atoms with van der Waals surface area (Å²) in [4.78, 5) is 26.3. The molecule has 1 aliphatic heterocycles. The zero-order chi connectivity index (χ0) is 22.9.